The number of amides is 1. The summed E-state index contributed by atoms with van der Waals surface area (Å²) < 4.78 is 0.127. The summed E-state index contributed by atoms with van der Waals surface area (Å²) in [7, 11) is 0. The fraction of sp³-hybridized carbons (Fsp3) is 0.923. The van der Waals surface area contributed by atoms with Crippen molar-refractivity contribution in [2.24, 2.45) is 5.92 Å². The third kappa shape index (κ3) is 6.32. The molecule has 0 heterocycles. The van der Waals surface area contributed by atoms with E-state index in [0.717, 1.165) is 19.3 Å². The van der Waals surface area contributed by atoms with Crippen LogP contribution in [0.15, 0.2) is 0 Å². The average Bonchev–Trinajstić information content (AvgIpc) is 2.24. The topological polar surface area (TPSA) is 49.3 Å². The summed E-state index contributed by atoms with van der Waals surface area (Å²) >= 11 is 1.65. The minimum Gasteiger partial charge on any atom is -0.393 e. The van der Waals surface area contributed by atoms with E-state index in [4.69, 9.17) is 0 Å². The van der Waals surface area contributed by atoms with Crippen molar-refractivity contribution >= 4 is 17.7 Å². The fourth-order valence-electron chi connectivity index (χ4n) is 2.00. The largest absolute Gasteiger partial charge is 0.393 e. The number of aliphatic hydroxyl groups excluding tert-OH is 1. The van der Waals surface area contributed by atoms with E-state index in [1.165, 1.54) is 6.42 Å². The highest BCUT2D eigenvalue weighted by Gasteiger charge is 2.23. The minimum absolute atomic E-state index is 0.0858. The zero-order chi connectivity index (χ0) is 12.9. The van der Waals surface area contributed by atoms with Crippen molar-refractivity contribution in [3.63, 3.8) is 0 Å². The quantitative estimate of drug-likeness (QED) is 0.813. The van der Waals surface area contributed by atoms with E-state index in [9.17, 15) is 9.90 Å². The number of aliphatic hydroxyl groups is 1. The van der Waals surface area contributed by atoms with Crippen LogP contribution in [0.3, 0.4) is 0 Å². The molecule has 1 aliphatic carbocycles. The van der Waals surface area contributed by atoms with E-state index in [0.29, 0.717) is 12.3 Å². The molecule has 1 saturated carbocycles. The highest BCUT2D eigenvalue weighted by atomic mass is 32.2. The smallest absolute Gasteiger partial charge is 0.230 e. The van der Waals surface area contributed by atoms with E-state index in [1.54, 1.807) is 11.8 Å². The first kappa shape index (κ1) is 14.8. The molecule has 2 unspecified atom stereocenters. The molecule has 1 fully saturated rings. The van der Waals surface area contributed by atoms with Crippen LogP contribution >= 0.6 is 11.8 Å². The molecule has 2 atom stereocenters. The molecule has 0 aromatic rings. The van der Waals surface area contributed by atoms with Gasteiger partial charge < -0.3 is 10.4 Å². The third-order valence-electron chi connectivity index (χ3n) is 3.07. The predicted molar refractivity (Wildman–Crippen MR) is 73.2 cm³/mol. The van der Waals surface area contributed by atoms with Crippen LogP contribution in [0, 0.1) is 5.92 Å². The number of carbonyl (C=O) groups excluding carboxylic acids is 1. The molecule has 17 heavy (non-hydrogen) atoms. The van der Waals surface area contributed by atoms with Crippen molar-refractivity contribution in [3.8, 4) is 0 Å². The molecule has 0 saturated heterocycles. The maximum Gasteiger partial charge on any atom is 0.230 e. The first-order valence-electron chi connectivity index (χ1n) is 6.47. The maximum absolute atomic E-state index is 11.6. The summed E-state index contributed by atoms with van der Waals surface area (Å²) in [5, 5.41) is 12.7. The average molecular weight is 259 g/mol. The van der Waals surface area contributed by atoms with Gasteiger partial charge in [0.25, 0.3) is 0 Å². The van der Waals surface area contributed by atoms with Gasteiger partial charge in [-0.2, -0.15) is 0 Å². The lowest BCUT2D eigenvalue weighted by Gasteiger charge is -2.27. The van der Waals surface area contributed by atoms with Crippen molar-refractivity contribution < 1.29 is 9.90 Å². The van der Waals surface area contributed by atoms with Crippen molar-refractivity contribution in [3.05, 3.63) is 0 Å². The normalized spacial score (nSPS) is 25.6. The van der Waals surface area contributed by atoms with E-state index >= 15 is 0 Å². The van der Waals surface area contributed by atoms with Crippen molar-refractivity contribution in [2.75, 3.05) is 12.3 Å². The second kappa shape index (κ2) is 6.64. The van der Waals surface area contributed by atoms with E-state index in [-0.39, 0.29) is 22.7 Å². The molecule has 3 nitrogen and oxygen atoms in total. The van der Waals surface area contributed by atoms with Crippen LogP contribution in [0.4, 0.5) is 0 Å². The van der Waals surface area contributed by atoms with Crippen molar-refractivity contribution in [1.29, 1.82) is 0 Å². The van der Waals surface area contributed by atoms with Crippen LogP contribution in [0.25, 0.3) is 0 Å². The van der Waals surface area contributed by atoms with Gasteiger partial charge in [-0.3, -0.25) is 4.79 Å². The van der Waals surface area contributed by atoms with Gasteiger partial charge in [0.15, 0.2) is 0 Å². The SMILES string of the molecule is CC(C)(C)SCC(=O)NCC1CCCCC1O. The number of nitrogens with one attached hydrogen (secondary N) is 1. The van der Waals surface area contributed by atoms with Crippen LogP contribution in [0.5, 0.6) is 0 Å². The van der Waals surface area contributed by atoms with Crippen molar-refractivity contribution in [2.45, 2.75) is 57.3 Å². The molecule has 1 amide bonds. The van der Waals surface area contributed by atoms with Crippen LogP contribution in [0.1, 0.15) is 46.5 Å². The van der Waals surface area contributed by atoms with E-state index in [2.05, 4.69) is 26.1 Å². The van der Waals surface area contributed by atoms with Gasteiger partial charge in [0.05, 0.1) is 11.9 Å². The Balaban J connectivity index is 2.19. The number of rotatable bonds is 4. The number of hydrogen-bond donors (Lipinski definition) is 2. The lowest BCUT2D eigenvalue weighted by Crippen LogP contribution is -2.37. The zero-order valence-electron chi connectivity index (χ0n) is 11.2. The molecule has 100 valence electrons. The van der Waals surface area contributed by atoms with E-state index in [1.807, 2.05) is 0 Å². The predicted octanol–water partition coefficient (Wildman–Crippen LogP) is 2.19. The Morgan fingerprint density at radius 2 is 2.00 bits per heavy atom. The Bertz CT molecular complexity index is 250. The Labute approximate surface area is 109 Å². The first-order chi connectivity index (χ1) is 7.88. The van der Waals surface area contributed by atoms with E-state index < -0.39 is 0 Å². The fourth-order valence-corrected chi connectivity index (χ4v) is 2.67. The van der Waals surface area contributed by atoms with Crippen molar-refractivity contribution in [1.82, 2.24) is 5.32 Å². The summed E-state index contributed by atoms with van der Waals surface area (Å²) in [4.78, 5) is 11.6. The molecule has 0 spiro atoms. The second-order valence-corrected chi connectivity index (χ2v) is 7.62. The van der Waals surface area contributed by atoms with Gasteiger partial charge in [0.2, 0.25) is 5.91 Å². The lowest BCUT2D eigenvalue weighted by atomic mass is 9.86. The highest BCUT2D eigenvalue weighted by molar-refractivity contribution is 8.01. The van der Waals surface area contributed by atoms with Gasteiger partial charge >= 0.3 is 0 Å². The Hall–Kier alpha value is -0.220. The summed E-state index contributed by atoms with van der Waals surface area (Å²) in [6.45, 7) is 6.95. The van der Waals surface area contributed by atoms with Gasteiger partial charge in [0, 0.05) is 17.2 Å². The summed E-state index contributed by atoms with van der Waals surface area (Å²) in [6.07, 6.45) is 3.99. The standard InChI is InChI=1S/C13H25NO2S/c1-13(2,3)17-9-12(16)14-8-10-6-4-5-7-11(10)15/h10-11,15H,4-9H2,1-3H3,(H,14,16). The van der Waals surface area contributed by atoms with Gasteiger partial charge in [-0.25, -0.2) is 0 Å². The molecule has 1 aliphatic rings. The third-order valence-corrected chi connectivity index (χ3v) is 4.34. The monoisotopic (exact) mass is 259 g/mol. The van der Waals surface area contributed by atoms with Crippen LogP contribution < -0.4 is 5.32 Å². The maximum atomic E-state index is 11.6. The molecule has 0 aromatic carbocycles. The number of hydrogen-bond acceptors (Lipinski definition) is 3. The zero-order valence-corrected chi connectivity index (χ0v) is 12.0. The molecule has 1 rings (SSSR count). The molecule has 0 aliphatic heterocycles. The molecule has 4 heteroatoms. The molecular weight excluding hydrogens is 234 g/mol. The molecule has 2 N–H and O–H groups in total. The second-order valence-electron chi connectivity index (χ2n) is 5.82. The molecular formula is C13H25NO2S. The number of carbonyl (C=O) groups is 1. The summed E-state index contributed by atoms with van der Waals surface area (Å²) in [6, 6.07) is 0. The Kier molecular flexibility index (Phi) is 5.80. The van der Waals surface area contributed by atoms with Crippen LogP contribution in [-0.2, 0) is 4.79 Å². The minimum atomic E-state index is -0.223. The first-order valence-corrected chi connectivity index (χ1v) is 7.46. The van der Waals surface area contributed by atoms with Crippen LogP contribution in [0.2, 0.25) is 0 Å². The van der Waals surface area contributed by atoms with Gasteiger partial charge in [-0.15, -0.1) is 11.8 Å². The van der Waals surface area contributed by atoms with Gasteiger partial charge in [0.1, 0.15) is 0 Å². The highest BCUT2D eigenvalue weighted by Crippen LogP contribution is 2.24. The molecule has 0 bridgehead atoms. The molecule has 0 aromatic heterocycles. The lowest BCUT2D eigenvalue weighted by molar-refractivity contribution is -0.119. The summed E-state index contributed by atoms with van der Waals surface area (Å²) in [5.74, 6) is 0.849. The summed E-state index contributed by atoms with van der Waals surface area (Å²) in [5.41, 5.74) is 0. The van der Waals surface area contributed by atoms with Gasteiger partial charge in [-0.05, 0) is 12.8 Å². The Morgan fingerprint density at radius 1 is 1.35 bits per heavy atom. The Morgan fingerprint density at radius 3 is 2.59 bits per heavy atom. The van der Waals surface area contributed by atoms with Gasteiger partial charge in [-0.1, -0.05) is 33.6 Å². The molecule has 0 radical (unpaired) electrons. The van der Waals surface area contributed by atoms with Crippen LogP contribution in [-0.4, -0.2) is 34.2 Å². The number of thioether (sulfide) groups is 1.